The molecule has 0 aliphatic carbocycles. The van der Waals surface area contributed by atoms with Gasteiger partial charge in [0.2, 0.25) is 0 Å². The molecule has 1 rings (SSSR count). The van der Waals surface area contributed by atoms with Crippen molar-refractivity contribution in [3.63, 3.8) is 0 Å². The molecular formula is C14H21ClFN. The molecule has 0 aromatic heterocycles. The highest BCUT2D eigenvalue weighted by Crippen LogP contribution is 2.12. The van der Waals surface area contributed by atoms with Crippen LogP contribution in [0.15, 0.2) is 18.2 Å². The van der Waals surface area contributed by atoms with Gasteiger partial charge in [-0.1, -0.05) is 19.9 Å². The van der Waals surface area contributed by atoms with Crippen LogP contribution >= 0.6 is 11.6 Å². The zero-order valence-corrected chi connectivity index (χ0v) is 11.5. The minimum absolute atomic E-state index is 0.163. The van der Waals surface area contributed by atoms with E-state index < -0.39 is 0 Å². The normalized spacial score (nSPS) is 13.1. The molecular weight excluding hydrogens is 237 g/mol. The Labute approximate surface area is 108 Å². The predicted octanol–water partition coefficient (Wildman–Crippen LogP) is 3.88. The first kappa shape index (κ1) is 14.5. The molecule has 0 aliphatic rings. The van der Waals surface area contributed by atoms with Gasteiger partial charge in [-0.2, -0.15) is 0 Å². The van der Waals surface area contributed by atoms with Crippen LogP contribution in [0, 0.1) is 18.7 Å². The van der Waals surface area contributed by atoms with Crippen LogP contribution < -0.4 is 5.32 Å². The van der Waals surface area contributed by atoms with E-state index in [0.717, 1.165) is 30.6 Å². The predicted molar refractivity (Wildman–Crippen MR) is 71.9 cm³/mol. The lowest BCUT2D eigenvalue weighted by atomic mass is 10.1. The summed E-state index contributed by atoms with van der Waals surface area (Å²) in [5.74, 6) is 0.438. The molecule has 1 atom stereocenters. The van der Waals surface area contributed by atoms with Gasteiger partial charge in [0.1, 0.15) is 5.82 Å². The van der Waals surface area contributed by atoms with Gasteiger partial charge in [-0.05, 0) is 42.5 Å². The minimum atomic E-state index is -0.179. The van der Waals surface area contributed by atoms with Gasteiger partial charge >= 0.3 is 0 Å². The molecule has 0 heterocycles. The number of hydrogen-bond donors (Lipinski definition) is 1. The second kappa shape index (κ2) is 6.97. The van der Waals surface area contributed by atoms with Gasteiger partial charge in [0.25, 0.3) is 0 Å². The Kier molecular flexibility index (Phi) is 5.93. The van der Waals surface area contributed by atoms with Crippen molar-refractivity contribution in [3.8, 4) is 0 Å². The third-order valence-corrected chi connectivity index (χ3v) is 3.05. The van der Waals surface area contributed by atoms with Crippen molar-refractivity contribution in [2.24, 2.45) is 5.92 Å². The fourth-order valence-corrected chi connectivity index (χ4v) is 2.28. The Morgan fingerprint density at radius 3 is 2.65 bits per heavy atom. The summed E-state index contributed by atoms with van der Waals surface area (Å²) in [6.07, 6.45) is 1.01. The fourth-order valence-electron chi connectivity index (χ4n) is 1.82. The number of halogens is 2. The van der Waals surface area contributed by atoms with Gasteiger partial charge < -0.3 is 5.32 Å². The summed E-state index contributed by atoms with van der Waals surface area (Å²) in [4.78, 5) is 0. The first-order chi connectivity index (χ1) is 7.99. The number of alkyl halides is 1. The van der Waals surface area contributed by atoms with Gasteiger partial charge in [0.15, 0.2) is 0 Å². The molecule has 0 radical (unpaired) electrons. The average molecular weight is 258 g/mol. The van der Waals surface area contributed by atoms with Gasteiger partial charge in [0.05, 0.1) is 0 Å². The molecule has 3 heteroatoms. The lowest BCUT2D eigenvalue weighted by Gasteiger charge is -2.13. The standard InChI is InChI=1S/C14H21ClFN/c1-10(2)6-13(15)9-17-8-12-4-5-14(16)7-11(12)3/h4-5,7,10,13,17H,6,8-9H2,1-3H3. The monoisotopic (exact) mass is 257 g/mol. The van der Waals surface area contributed by atoms with Crippen molar-refractivity contribution < 1.29 is 4.39 Å². The maximum atomic E-state index is 12.9. The van der Waals surface area contributed by atoms with Crippen LogP contribution in [0.1, 0.15) is 31.4 Å². The van der Waals surface area contributed by atoms with E-state index in [0.29, 0.717) is 5.92 Å². The van der Waals surface area contributed by atoms with E-state index in [-0.39, 0.29) is 11.2 Å². The number of benzene rings is 1. The molecule has 0 amide bonds. The summed E-state index contributed by atoms with van der Waals surface area (Å²) < 4.78 is 12.9. The zero-order chi connectivity index (χ0) is 12.8. The van der Waals surface area contributed by atoms with Crippen molar-refractivity contribution in [2.75, 3.05) is 6.54 Å². The summed E-state index contributed by atoms with van der Waals surface area (Å²) in [6.45, 7) is 7.79. The minimum Gasteiger partial charge on any atom is -0.311 e. The zero-order valence-electron chi connectivity index (χ0n) is 10.8. The number of hydrogen-bond acceptors (Lipinski definition) is 1. The van der Waals surface area contributed by atoms with E-state index in [1.807, 2.05) is 13.0 Å². The maximum absolute atomic E-state index is 12.9. The Bertz CT molecular complexity index is 352. The second-order valence-corrected chi connectivity index (χ2v) is 5.55. The van der Waals surface area contributed by atoms with Crippen LogP contribution in [0.3, 0.4) is 0 Å². The summed E-state index contributed by atoms with van der Waals surface area (Å²) in [5.41, 5.74) is 2.10. The SMILES string of the molecule is Cc1cc(F)ccc1CNCC(Cl)CC(C)C. The molecule has 0 bridgehead atoms. The van der Waals surface area contributed by atoms with Crippen molar-refractivity contribution >= 4 is 11.6 Å². The van der Waals surface area contributed by atoms with E-state index in [1.54, 1.807) is 6.07 Å². The van der Waals surface area contributed by atoms with Crippen LogP contribution in [0.4, 0.5) is 4.39 Å². The molecule has 1 nitrogen and oxygen atoms in total. The number of rotatable bonds is 6. The first-order valence-corrected chi connectivity index (χ1v) is 6.52. The highest BCUT2D eigenvalue weighted by molar-refractivity contribution is 6.20. The van der Waals surface area contributed by atoms with Gasteiger partial charge in [-0.25, -0.2) is 4.39 Å². The fraction of sp³-hybridized carbons (Fsp3) is 0.571. The van der Waals surface area contributed by atoms with E-state index in [2.05, 4.69) is 19.2 Å². The van der Waals surface area contributed by atoms with Gasteiger partial charge in [-0.3, -0.25) is 0 Å². The topological polar surface area (TPSA) is 12.0 Å². The van der Waals surface area contributed by atoms with Crippen LogP contribution in [0.25, 0.3) is 0 Å². The molecule has 0 aliphatic heterocycles. The lowest BCUT2D eigenvalue weighted by Crippen LogP contribution is -2.24. The molecule has 1 aromatic rings. The third-order valence-electron chi connectivity index (χ3n) is 2.71. The van der Waals surface area contributed by atoms with Crippen molar-refractivity contribution in [3.05, 3.63) is 35.1 Å². The van der Waals surface area contributed by atoms with Crippen LogP contribution in [0.5, 0.6) is 0 Å². The largest absolute Gasteiger partial charge is 0.311 e. The Morgan fingerprint density at radius 2 is 2.06 bits per heavy atom. The Hall–Kier alpha value is -0.600. The quantitative estimate of drug-likeness (QED) is 0.763. The molecule has 0 fully saturated rings. The number of nitrogens with one attached hydrogen (secondary N) is 1. The molecule has 96 valence electrons. The van der Waals surface area contributed by atoms with Crippen LogP contribution in [0.2, 0.25) is 0 Å². The molecule has 0 saturated heterocycles. The van der Waals surface area contributed by atoms with Crippen LogP contribution in [-0.4, -0.2) is 11.9 Å². The smallest absolute Gasteiger partial charge is 0.123 e. The van der Waals surface area contributed by atoms with Crippen molar-refractivity contribution in [1.29, 1.82) is 0 Å². The molecule has 0 spiro atoms. The summed E-state index contributed by atoms with van der Waals surface area (Å²) in [5, 5.41) is 3.48. The number of aryl methyl sites for hydroxylation is 1. The molecule has 1 N–H and O–H groups in total. The highest BCUT2D eigenvalue weighted by atomic mass is 35.5. The highest BCUT2D eigenvalue weighted by Gasteiger charge is 2.07. The van der Waals surface area contributed by atoms with Crippen molar-refractivity contribution in [1.82, 2.24) is 5.32 Å². The lowest BCUT2D eigenvalue weighted by molar-refractivity contribution is 0.533. The molecule has 17 heavy (non-hydrogen) atoms. The van der Waals surface area contributed by atoms with Crippen LogP contribution in [-0.2, 0) is 6.54 Å². The second-order valence-electron chi connectivity index (χ2n) is 4.93. The van der Waals surface area contributed by atoms with E-state index in [4.69, 9.17) is 11.6 Å². The summed E-state index contributed by atoms with van der Waals surface area (Å²) >= 11 is 6.18. The van der Waals surface area contributed by atoms with E-state index >= 15 is 0 Å². The first-order valence-electron chi connectivity index (χ1n) is 6.09. The van der Waals surface area contributed by atoms with Crippen molar-refractivity contribution in [2.45, 2.75) is 39.1 Å². The van der Waals surface area contributed by atoms with E-state index in [1.165, 1.54) is 6.07 Å². The average Bonchev–Trinajstić information content (AvgIpc) is 2.20. The Morgan fingerprint density at radius 1 is 1.35 bits per heavy atom. The Balaban J connectivity index is 2.35. The van der Waals surface area contributed by atoms with Gasteiger partial charge in [-0.15, -0.1) is 11.6 Å². The third kappa shape index (κ3) is 5.51. The van der Waals surface area contributed by atoms with Gasteiger partial charge in [0, 0.05) is 18.5 Å². The van der Waals surface area contributed by atoms with E-state index in [9.17, 15) is 4.39 Å². The molecule has 0 saturated carbocycles. The summed E-state index contributed by atoms with van der Waals surface area (Å²) in [7, 11) is 0. The summed E-state index contributed by atoms with van der Waals surface area (Å²) in [6, 6.07) is 4.88. The maximum Gasteiger partial charge on any atom is 0.123 e. The molecule has 1 unspecified atom stereocenters. The molecule has 1 aromatic carbocycles.